The van der Waals surface area contributed by atoms with Crippen molar-refractivity contribution in [2.24, 2.45) is 0 Å². The molecule has 0 spiro atoms. The third-order valence-electron chi connectivity index (χ3n) is 6.11. The van der Waals surface area contributed by atoms with Crippen LogP contribution >= 0.6 is 15.9 Å². The number of nitrogens with one attached hydrogen (secondary N) is 2. The van der Waals surface area contributed by atoms with Gasteiger partial charge in [0.15, 0.2) is 5.78 Å². The number of carbonyl (C=O) groups is 1. The second-order valence-electron chi connectivity index (χ2n) is 8.09. The maximum absolute atomic E-state index is 13.5. The summed E-state index contributed by atoms with van der Waals surface area (Å²) < 4.78 is 1.06. The summed E-state index contributed by atoms with van der Waals surface area (Å²) >= 11 is 3.66. The summed E-state index contributed by atoms with van der Waals surface area (Å²) in [7, 11) is 0. The Bertz CT molecular complexity index is 1150. The number of ketones is 1. The maximum Gasteiger partial charge on any atom is 0.163 e. The number of fused-ring (bicyclic) bond motifs is 1. The lowest BCUT2D eigenvalue weighted by atomic mass is 9.78. The molecule has 0 amide bonds. The lowest BCUT2D eigenvalue weighted by Crippen LogP contribution is -2.26. The van der Waals surface area contributed by atoms with Crippen LogP contribution in [-0.4, -0.2) is 5.78 Å². The normalized spacial score (nSPS) is 20.5. The average Bonchev–Trinajstić information content (AvgIpc) is 2.93. The third-order valence-corrected chi connectivity index (χ3v) is 6.96. The highest BCUT2D eigenvalue weighted by Crippen LogP contribution is 2.44. The molecule has 5 rings (SSSR count). The predicted molar refractivity (Wildman–Crippen MR) is 126 cm³/mol. The van der Waals surface area contributed by atoms with Crippen molar-refractivity contribution in [2.45, 2.75) is 31.7 Å². The summed E-state index contributed by atoms with van der Waals surface area (Å²) in [5, 5.41) is 7.25. The zero-order chi connectivity index (χ0) is 20.7. The fourth-order valence-corrected chi connectivity index (χ4v) is 4.89. The Labute approximate surface area is 185 Å². The van der Waals surface area contributed by atoms with Gasteiger partial charge in [-0.3, -0.25) is 4.79 Å². The molecular weight excluding hydrogens is 436 g/mol. The van der Waals surface area contributed by atoms with Crippen molar-refractivity contribution in [1.82, 2.24) is 0 Å². The van der Waals surface area contributed by atoms with Crippen LogP contribution in [0.3, 0.4) is 0 Å². The molecule has 0 radical (unpaired) electrons. The summed E-state index contributed by atoms with van der Waals surface area (Å²) in [6.07, 6.45) is 1.36. The van der Waals surface area contributed by atoms with Gasteiger partial charge in [0.2, 0.25) is 0 Å². The molecule has 0 saturated carbocycles. The van der Waals surface area contributed by atoms with Gasteiger partial charge in [0.25, 0.3) is 0 Å². The van der Waals surface area contributed by atoms with Gasteiger partial charge >= 0.3 is 0 Å². The molecule has 3 aromatic rings. The van der Waals surface area contributed by atoms with Crippen LogP contribution in [0.2, 0.25) is 0 Å². The number of anilines is 2. The number of carbonyl (C=O) groups excluding carboxylic acids is 1. The molecule has 4 heteroatoms. The van der Waals surface area contributed by atoms with Crippen molar-refractivity contribution in [3.63, 3.8) is 0 Å². The molecular formula is C26H23BrN2O. The number of benzene rings is 3. The Morgan fingerprint density at radius 1 is 0.867 bits per heavy atom. The van der Waals surface area contributed by atoms with Crippen LogP contribution in [0.1, 0.15) is 41.5 Å². The first-order valence-corrected chi connectivity index (χ1v) is 11.1. The van der Waals surface area contributed by atoms with Gasteiger partial charge in [0, 0.05) is 22.2 Å². The van der Waals surface area contributed by atoms with Crippen molar-refractivity contribution in [2.75, 3.05) is 10.6 Å². The molecule has 30 heavy (non-hydrogen) atoms. The molecule has 2 N–H and O–H groups in total. The quantitative estimate of drug-likeness (QED) is 0.446. The van der Waals surface area contributed by atoms with Crippen molar-refractivity contribution in [3.8, 4) is 0 Å². The minimum absolute atomic E-state index is 0.183. The van der Waals surface area contributed by atoms with E-state index in [-0.39, 0.29) is 17.7 Å². The van der Waals surface area contributed by atoms with E-state index in [0.717, 1.165) is 39.1 Å². The van der Waals surface area contributed by atoms with Gasteiger partial charge in [0.05, 0.1) is 17.4 Å². The monoisotopic (exact) mass is 458 g/mol. The molecule has 0 aromatic heterocycles. The summed E-state index contributed by atoms with van der Waals surface area (Å²) in [4.78, 5) is 13.5. The van der Waals surface area contributed by atoms with Gasteiger partial charge in [-0.05, 0) is 54.2 Å². The van der Waals surface area contributed by atoms with E-state index in [1.165, 1.54) is 11.1 Å². The number of aryl methyl sites for hydroxylation is 1. The predicted octanol–water partition coefficient (Wildman–Crippen LogP) is 6.74. The lowest BCUT2D eigenvalue weighted by Gasteiger charge is -2.30. The van der Waals surface area contributed by atoms with Crippen molar-refractivity contribution < 1.29 is 4.79 Å². The van der Waals surface area contributed by atoms with Crippen LogP contribution in [0.15, 0.2) is 88.5 Å². The first-order chi connectivity index (χ1) is 14.6. The number of allylic oxidation sites excluding steroid dienone is 1. The molecule has 150 valence electrons. The average molecular weight is 459 g/mol. The van der Waals surface area contributed by atoms with Crippen molar-refractivity contribution >= 4 is 33.1 Å². The molecule has 0 fully saturated rings. The van der Waals surface area contributed by atoms with Crippen LogP contribution in [0.4, 0.5) is 11.4 Å². The summed E-state index contributed by atoms with van der Waals surface area (Å²) in [6.45, 7) is 2.08. The smallest absolute Gasteiger partial charge is 0.163 e. The zero-order valence-corrected chi connectivity index (χ0v) is 18.4. The molecule has 2 aliphatic rings. The topological polar surface area (TPSA) is 41.1 Å². The summed E-state index contributed by atoms with van der Waals surface area (Å²) in [6, 6.07) is 24.7. The first kappa shape index (κ1) is 19.1. The third kappa shape index (κ3) is 3.46. The number of hydrogen-bond acceptors (Lipinski definition) is 3. The molecule has 2 unspecified atom stereocenters. The van der Waals surface area contributed by atoms with Crippen LogP contribution in [-0.2, 0) is 4.79 Å². The van der Waals surface area contributed by atoms with Gasteiger partial charge in [-0.25, -0.2) is 0 Å². The summed E-state index contributed by atoms with van der Waals surface area (Å²) in [5.74, 6) is 0.403. The Morgan fingerprint density at radius 3 is 2.37 bits per heavy atom. The van der Waals surface area contributed by atoms with E-state index in [1.54, 1.807) is 0 Å². The van der Waals surface area contributed by atoms with Crippen LogP contribution < -0.4 is 10.6 Å². The molecule has 1 heterocycles. The number of hydrogen-bond donors (Lipinski definition) is 2. The first-order valence-electron chi connectivity index (χ1n) is 10.3. The summed E-state index contributed by atoms with van der Waals surface area (Å²) in [5.41, 5.74) is 7.40. The highest BCUT2D eigenvalue weighted by molar-refractivity contribution is 9.10. The molecule has 2 atom stereocenters. The molecule has 0 saturated heterocycles. The fraction of sp³-hybridized carbons (Fsp3) is 0.192. The number of halogens is 1. The van der Waals surface area contributed by atoms with Gasteiger partial charge in [-0.1, -0.05) is 70.5 Å². The van der Waals surface area contributed by atoms with Gasteiger partial charge in [0.1, 0.15) is 0 Å². The van der Waals surface area contributed by atoms with Crippen LogP contribution in [0.5, 0.6) is 0 Å². The van der Waals surface area contributed by atoms with Gasteiger partial charge < -0.3 is 10.6 Å². The van der Waals surface area contributed by atoms with Crippen molar-refractivity contribution in [1.29, 1.82) is 0 Å². The molecule has 1 aliphatic carbocycles. The minimum atomic E-state index is -0.183. The van der Waals surface area contributed by atoms with E-state index in [9.17, 15) is 4.79 Å². The number of Topliss-reactive ketones (excluding diaryl/α,β-unsaturated/α-hetero) is 1. The molecule has 1 aliphatic heterocycles. The highest BCUT2D eigenvalue weighted by atomic mass is 79.9. The Morgan fingerprint density at radius 2 is 1.60 bits per heavy atom. The second kappa shape index (κ2) is 7.77. The second-order valence-corrected chi connectivity index (χ2v) is 8.94. The Balaban J connectivity index is 1.63. The van der Waals surface area contributed by atoms with E-state index in [1.807, 2.05) is 30.3 Å². The van der Waals surface area contributed by atoms with Gasteiger partial charge in [-0.2, -0.15) is 0 Å². The molecule has 0 bridgehead atoms. The highest BCUT2D eigenvalue weighted by Gasteiger charge is 2.36. The standard InChI is InChI=1S/C26H23BrN2O/c1-16-11-12-18(13-20(16)27)26-25-23(28-21-9-5-6-10-22(21)29-26)14-19(15-24(25)30)17-7-3-2-4-8-17/h2-13,19,26,28-29H,14-15H2,1H3. The number of para-hydroxylation sites is 2. The van der Waals surface area contributed by atoms with Crippen molar-refractivity contribution in [3.05, 3.63) is 105 Å². The number of rotatable bonds is 2. The van der Waals surface area contributed by atoms with E-state index in [4.69, 9.17) is 0 Å². The lowest BCUT2D eigenvalue weighted by molar-refractivity contribution is -0.116. The van der Waals surface area contributed by atoms with E-state index in [0.29, 0.717) is 6.42 Å². The minimum Gasteiger partial charge on any atom is -0.372 e. The van der Waals surface area contributed by atoms with E-state index in [2.05, 4.69) is 76.0 Å². The SMILES string of the molecule is Cc1ccc(C2Nc3ccccc3NC3=C2C(=O)CC(c2ccccc2)C3)cc1Br. The Hall–Kier alpha value is -2.85. The largest absolute Gasteiger partial charge is 0.372 e. The Kier molecular flexibility index (Phi) is 4.95. The molecule has 3 nitrogen and oxygen atoms in total. The molecule has 3 aromatic carbocycles. The fourth-order valence-electron chi connectivity index (χ4n) is 4.49. The van der Waals surface area contributed by atoms with E-state index >= 15 is 0 Å². The van der Waals surface area contributed by atoms with Crippen LogP contribution in [0.25, 0.3) is 0 Å². The van der Waals surface area contributed by atoms with E-state index < -0.39 is 0 Å². The van der Waals surface area contributed by atoms with Crippen LogP contribution in [0, 0.1) is 6.92 Å². The zero-order valence-electron chi connectivity index (χ0n) is 16.8. The maximum atomic E-state index is 13.5. The van der Waals surface area contributed by atoms with Gasteiger partial charge in [-0.15, -0.1) is 0 Å².